The second-order valence-corrected chi connectivity index (χ2v) is 5.68. The fraction of sp³-hybridized carbons (Fsp3) is 0.600. The first-order valence-electron chi connectivity index (χ1n) is 6.16. The summed E-state index contributed by atoms with van der Waals surface area (Å²) in [5.74, 6) is 0. The van der Waals surface area contributed by atoms with Crippen molar-refractivity contribution in [2.45, 2.75) is 37.2 Å². The van der Waals surface area contributed by atoms with Crippen LogP contribution in [0.4, 0.5) is 0 Å². The molecule has 0 radical (unpaired) electrons. The average molecular weight is 282 g/mol. The number of nitrogens with one attached hydrogen (secondary N) is 1. The van der Waals surface area contributed by atoms with Gasteiger partial charge in [0.15, 0.2) is 4.77 Å². The molecule has 2 rings (SSSR count). The number of nitrogens with zero attached hydrogens (tertiary/aromatic N) is 1. The second kappa shape index (κ2) is 5.24. The molecule has 1 aliphatic rings. The van der Waals surface area contributed by atoms with Gasteiger partial charge in [0, 0.05) is 11.6 Å². The standard InChI is InChI=1S/C10H16B2N2O4S/c11-10(12,17)6-1-2-7(18-6)14-3-5(4-15)8(16)13-9(14)19/h3,6-7,15,17H,1-2,4,11-12H2,(H,13,16,19). The number of rotatable bonds is 3. The van der Waals surface area contributed by atoms with Crippen LogP contribution in [-0.4, -0.2) is 47.0 Å². The molecule has 9 heteroatoms. The molecule has 0 aliphatic carbocycles. The minimum Gasteiger partial charge on any atom is -0.405 e. The van der Waals surface area contributed by atoms with E-state index in [1.807, 2.05) is 0 Å². The first kappa shape index (κ1) is 14.5. The number of hydrogen-bond acceptors (Lipinski definition) is 5. The van der Waals surface area contributed by atoms with Crippen LogP contribution >= 0.6 is 12.2 Å². The third-order valence-electron chi connectivity index (χ3n) is 3.31. The molecule has 1 saturated heterocycles. The van der Waals surface area contributed by atoms with Gasteiger partial charge in [-0.05, 0) is 25.1 Å². The van der Waals surface area contributed by atoms with Crippen molar-refractivity contribution in [3.63, 3.8) is 0 Å². The predicted molar refractivity (Wildman–Crippen MR) is 77.0 cm³/mol. The summed E-state index contributed by atoms with van der Waals surface area (Å²) in [6.45, 7) is -0.355. The maximum atomic E-state index is 11.5. The normalized spacial score (nSPS) is 23.7. The molecule has 0 aromatic carbocycles. The van der Waals surface area contributed by atoms with E-state index >= 15 is 0 Å². The molecular weight excluding hydrogens is 266 g/mol. The highest BCUT2D eigenvalue weighted by atomic mass is 32.1. The average Bonchev–Trinajstić information content (AvgIpc) is 2.78. The zero-order chi connectivity index (χ0) is 14.2. The summed E-state index contributed by atoms with van der Waals surface area (Å²) in [5.41, 5.74) is -0.148. The first-order chi connectivity index (χ1) is 8.82. The van der Waals surface area contributed by atoms with Crippen molar-refractivity contribution in [1.29, 1.82) is 0 Å². The van der Waals surface area contributed by atoms with Crippen molar-refractivity contribution in [3.8, 4) is 0 Å². The van der Waals surface area contributed by atoms with Crippen LogP contribution in [0, 0.1) is 4.77 Å². The van der Waals surface area contributed by atoms with Crippen LogP contribution in [0.25, 0.3) is 0 Å². The van der Waals surface area contributed by atoms with E-state index in [0.29, 0.717) is 12.8 Å². The van der Waals surface area contributed by atoms with Gasteiger partial charge in [0.2, 0.25) is 0 Å². The van der Waals surface area contributed by atoms with Gasteiger partial charge in [-0.15, -0.1) is 0 Å². The van der Waals surface area contributed by atoms with Crippen LogP contribution < -0.4 is 5.56 Å². The number of aromatic nitrogens is 2. The number of ether oxygens (including phenoxy) is 1. The summed E-state index contributed by atoms with van der Waals surface area (Å²) in [7, 11) is 3.40. The van der Waals surface area contributed by atoms with Crippen molar-refractivity contribution >= 4 is 27.9 Å². The number of aliphatic hydroxyl groups is 2. The molecule has 0 saturated carbocycles. The van der Waals surface area contributed by atoms with Crippen LogP contribution in [0.2, 0.25) is 0 Å². The Bertz CT molecular complexity index is 580. The van der Waals surface area contributed by atoms with Crippen LogP contribution in [-0.2, 0) is 11.3 Å². The third kappa shape index (κ3) is 3.00. The largest absolute Gasteiger partial charge is 0.405 e. The molecule has 2 heterocycles. The van der Waals surface area contributed by atoms with Crippen molar-refractivity contribution in [2.75, 3.05) is 0 Å². The lowest BCUT2D eigenvalue weighted by Gasteiger charge is -2.26. The predicted octanol–water partition coefficient (Wildman–Crippen LogP) is -2.01. The Morgan fingerprint density at radius 3 is 2.79 bits per heavy atom. The Labute approximate surface area is 117 Å². The lowest BCUT2D eigenvalue weighted by molar-refractivity contribution is -0.0497. The molecule has 1 aliphatic heterocycles. The number of hydrogen-bond donors (Lipinski definition) is 3. The summed E-state index contributed by atoms with van der Waals surface area (Å²) in [4.78, 5) is 14.0. The Morgan fingerprint density at radius 1 is 1.58 bits per heavy atom. The molecule has 1 fully saturated rings. The number of aromatic amines is 1. The molecule has 102 valence electrons. The smallest absolute Gasteiger partial charge is 0.257 e. The highest BCUT2D eigenvalue weighted by Gasteiger charge is 2.36. The Hall–Kier alpha value is -0.890. The highest BCUT2D eigenvalue weighted by molar-refractivity contribution is 7.71. The quantitative estimate of drug-likeness (QED) is 0.440. The molecular formula is C10H16B2N2O4S. The van der Waals surface area contributed by atoms with Gasteiger partial charge in [-0.1, -0.05) is 0 Å². The van der Waals surface area contributed by atoms with Crippen LogP contribution in [0.15, 0.2) is 11.0 Å². The van der Waals surface area contributed by atoms with Crippen LogP contribution in [0.1, 0.15) is 24.6 Å². The third-order valence-corrected chi connectivity index (χ3v) is 3.62. The van der Waals surface area contributed by atoms with Gasteiger partial charge in [0.1, 0.15) is 21.9 Å². The Morgan fingerprint density at radius 2 is 2.26 bits per heavy atom. The molecule has 0 amide bonds. The lowest BCUT2D eigenvalue weighted by atomic mass is 9.61. The van der Waals surface area contributed by atoms with Crippen LogP contribution in [0.5, 0.6) is 0 Å². The molecule has 1 aromatic rings. The molecule has 3 N–H and O–H groups in total. The fourth-order valence-corrected chi connectivity index (χ4v) is 2.46. The van der Waals surface area contributed by atoms with Gasteiger partial charge in [0.05, 0.1) is 18.3 Å². The van der Waals surface area contributed by atoms with Crippen molar-refractivity contribution in [1.82, 2.24) is 9.55 Å². The van der Waals surface area contributed by atoms with E-state index in [1.54, 1.807) is 20.3 Å². The minimum absolute atomic E-state index is 0.240. The number of aliphatic hydroxyl groups excluding tert-OH is 1. The number of H-pyrrole nitrogens is 1. The second-order valence-electron chi connectivity index (χ2n) is 5.29. The van der Waals surface area contributed by atoms with E-state index in [9.17, 15) is 9.90 Å². The van der Waals surface area contributed by atoms with Crippen molar-refractivity contribution < 1.29 is 14.9 Å². The molecule has 2 atom stereocenters. The van der Waals surface area contributed by atoms with Crippen molar-refractivity contribution in [2.24, 2.45) is 0 Å². The lowest BCUT2D eigenvalue weighted by Crippen LogP contribution is -2.43. The van der Waals surface area contributed by atoms with E-state index in [2.05, 4.69) is 4.98 Å². The van der Waals surface area contributed by atoms with E-state index in [0.717, 1.165) is 0 Å². The summed E-state index contributed by atoms with van der Waals surface area (Å²) in [5, 5.41) is 18.1. The first-order valence-corrected chi connectivity index (χ1v) is 6.57. The summed E-state index contributed by atoms with van der Waals surface area (Å²) in [6.07, 6.45) is 2.32. The summed E-state index contributed by atoms with van der Waals surface area (Å²) in [6, 6.07) is 0. The molecule has 6 nitrogen and oxygen atoms in total. The van der Waals surface area contributed by atoms with E-state index in [4.69, 9.17) is 22.1 Å². The van der Waals surface area contributed by atoms with Gasteiger partial charge in [-0.3, -0.25) is 14.3 Å². The molecule has 2 unspecified atom stereocenters. The monoisotopic (exact) mass is 282 g/mol. The van der Waals surface area contributed by atoms with E-state index in [-0.39, 0.29) is 34.8 Å². The van der Waals surface area contributed by atoms with Crippen LogP contribution in [0.3, 0.4) is 0 Å². The minimum atomic E-state index is -0.918. The maximum absolute atomic E-state index is 11.5. The Balaban J connectivity index is 2.30. The van der Waals surface area contributed by atoms with Gasteiger partial charge in [-0.2, -0.15) is 0 Å². The molecule has 0 spiro atoms. The fourth-order valence-electron chi connectivity index (χ4n) is 2.20. The summed E-state index contributed by atoms with van der Waals surface area (Å²) < 4.78 is 7.65. The van der Waals surface area contributed by atoms with Gasteiger partial charge in [-0.25, -0.2) is 0 Å². The molecule has 0 bridgehead atoms. The maximum Gasteiger partial charge on any atom is 0.257 e. The van der Waals surface area contributed by atoms with Crippen molar-refractivity contribution in [3.05, 3.63) is 26.9 Å². The summed E-state index contributed by atoms with van der Waals surface area (Å²) >= 11 is 5.10. The van der Waals surface area contributed by atoms with E-state index < -0.39 is 5.40 Å². The van der Waals surface area contributed by atoms with E-state index in [1.165, 1.54) is 6.20 Å². The van der Waals surface area contributed by atoms with Gasteiger partial charge >= 0.3 is 0 Å². The zero-order valence-electron chi connectivity index (χ0n) is 10.9. The van der Waals surface area contributed by atoms with Gasteiger partial charge < -0.3 is 14.9 Å². The zero-order valence-corrected chi connectivity index (χ0v) is 11.7. The molecule has 1 aromatic heterocycles. The Kier molecular flexibility index (Phi) is 4.00. The SMILES string of the molecule is BC(B)(O)C1CCC(n2cc(CO)c(=O)[nH]c2=S)O1. The topological polar surface area (TPSA) is 87.5 Å². The highest BCUT2D eigenvalue weighted by Crippen LogP contribution is 2.31. The van der Waals surface area contributed by atoms with Gasteiger partial charge in [0.25, 0.3) is 5.56 Å². The molecule has 19 heavy (non-hydrogen) atoms.